The molecule has 3 N–H and O–H groups in total. The number of rotatable bonds is 6. The van der Waals surface area contributed by atoms with Crippen molar-refractivity contribution in [3.63, 3.8) is 0 Å². The van der Waals surface area contributed by atoms with Gasteiger partial charge in [0, 0.05) is 23.4 Å². The van der Waals surface area contributed by atoms with Crippen molar-refractivity contribution in [3.8, 4) is 17.2 Å². The highest BCUT2D eigenvalue weighted by Gasteiger charge is 2.18. The van der Waals surface area contributed by atoms with Crippen molar-refractivity contribution < 1.29 is 19.0 Å². The van der Waals surface area contributed by atoms with E-state index in [9.17, 15) is 4.79 Å². The van der Waals surface area contributed by atoms with Gasteiger partial charge in [0.15, 0.2) is 11.5 Å². The Morgan fingerprint density at radius 3 is 2.22 bits per heavy atom. The molecule has 140 valence electrons. The van der Waals surface area contributed by atoms with Gasteiger partial charge in [-0.15, -0.1) is 5.10 Å². The van der Waals surface area contributed by atoms with Crippen LogP contribution in [-0.4, -0.2) is 42.0 Å². The van der Waals surface area contributed by atoms with Crippen molar-refractivity contribution >= 4 is 23.5 Å². The highest BCUT2D eigenvalue weighted by atomic mass is 16.5. The average molecular weight is 369 g/mol. The third kappa shape index (κ3) is 3.61. The van der Waals surface area contributed by atoms with Gasteiger partial charge < -0.3 is 25.3 Å². The van der Waals surface area contributed by atoms with E-state index in [-0.39, 0.29) is 17.8 Å². The molecule has 0 bridgehead atoms. The zero-order chi connectivity index (χ0) is 19.4. The van der Waals surface area contributed by atoms with Crippen molar-refractivity contribution in [2.75, 3.05) is 32.4 Å². The molecule has 0 fully saturated rings. The lowest BCUT2D eigenvalue weighted by molar-refractivity contribution is 0.0948. The summed E-state index contributed by atoms with van der Waals surface area (Å²) in [4.78, 5) is 16.6. The van der Waals surface area contributed by atoms with E-state index >= 15 is 0 Å². The summed E-state index contributed by atoms with van der Waals surface area (Å²) in [6, 6.07) is 12.1. The second-order valence-electron chi connectivity index (χ2n) is 5.42. The Hall–Kier alpha value is -3.75. The van der Waals surface area contributed by atoms with Gasteiger partial charge in [-0.2, -0.15) is 9.67 Å². The van der Waals surface area contributed by atoms with E-state index in [0.717, 1.165) is 4.68 Å². The number of ether oxygens (including phenoxy) is 3. The molecule has 0 aliphatic heterocycles. The number of nitrogens with two attached hydrogens (primary N) is 1. The van der Waals surface area contributed by atoms with Crippen molar-refractivity contribution in [1.29, 1.82) is 0 Å². The molecule has 9 heteroatoms. The highest BCUT2D eigenvalue weighted by molar-refractivity contribution is 5.96. The summed E-state index contributed by atoms with van der Waals surface area (Å²) in [5.41, 5.74) is 6.88. The molecule has 0 spiro atoms. The zero-order valence-corrected chi connectivity index (χ0v) is 15.1. The minimum Gasteiger partial charge on any atom is -0.493 e. The van der Waals surface area contributed by atoms with Crippen LogP contribution < -0.4 is 25.3 Å². The molecule has 0 atom stereocenters. The molecule has 0 aliphatic carbocycles. The van der Waals surface area contributed by atoms with Gasteiger partial charge in [-0.1, -0.05) is 18.2 Å². The number of nitrogens with zero attached hydrogens (tertiary/aromatic N) is 3. The van der Waals surface area contributed by atoms with Crippen LogP contribution in [0.15, 0.2) is 42.5 Å². The molecule has 27 heavy (non-hydrogen) atoms. The number of carbonyl (C=O) groups excluding carboxylic acids is 1. The van der Waals surface area contributed by atoms with Gasteiger partial charge in [0.05, 0.1) is 21.3 Å². The highest BCUT2D eigenvalue weighted by Crippen LogP contribution is 2.40. The van der Waals surface area contributed by atoms with Crippen molar-refractivity contribution in [2.45, 2.75) is 0 Å². The topological polar surface area (TPSA) is 114 Å². The number of aromatic nitrogens is 3. The summed E-state index contributed by atoms with van der Waals surface area (Å²) in [7, 11) is 4.56. The first-order valence-corrected chi connectivity index (χ1v) is 7.96. The van der Waals surface area contributed by atoms with Gasteiger partial charge in [-0.3, -0.25) is 4.79 Å². The van der Waals surface area contributed by atoms with Gasteiger partial charge in [-0.05, 0) is 12.1 Å². The number of carbonyl (C=O) groups is 1. The summed E-state index contributed by atoms with van der Waals surface area (Å²) in [6.07, 6.45) is 0. The molecule has 0 amide bonds. The largest absolute Gasteiger partial charge is 0.493 e. The van der Waals surface area contributed by atoms with Crippen LogP contribution in [0.5, 0.6) is 17.2 Å². The predicted octanol–water partition coefficient (Wildman–Crippen LogP) is 2.32. The zero-order valence-electron chi connectivity index (χ0n) is 15.1. The lowest BCUT2D eigenvalue weighted by Crippen LogP contribution is -2.16. The van der Waals surface area contributed by atoms with Gasteiger partial charge in [0.2, 0.25) is 17.6 Å². The SMILES string of the molecule is COc1cc(Nc2nc(N)n(C(=O)c3ccccc3)n2)cc(OC)c1OC. The fourth-order valence-electron chi connectivity index (χ4n) is 2.51. The molecule has 1 aromatic heterocycles. The Balaban J connectivity index is 1.90. The van der Waals surface area contributed by atoms with Crippen LogP contribution in [0, 0.1) is 0 Å². The molecule has 3 rings (SSSR count). The van der Waals surface area contributed by atoms with Gasteiger partial charge in [0.25, 0.3) is 5.91 Å². The van der Waals surface area contributed by atoms with E-state index < -0.39 is 0 Å². The Kier molecular flexibility index (Phi) is 5.11. The molecular formula is C18H19N5O4. The molecule has 0 aliphatic rings. The average Bonchev–Trinajstić information content (AvgIpc) is 3.07. The first-order valence-electron chi connectivity index (χ1n) is 7.96. The number of hydrogen-bond acceptors (Lipinski definition) is 8. The molecule has 3 aromatic rings. The minimum absolute atomic E-state index is 0.0289. The van der Waals surface area contributed by atoms with Gasteiger partial charge in [-0.25, -0.2) is 0 Å². The third-order valence-electron chi connectivity index (χ3n) is 3.77. The Morgan fingerprint density at radius 2 is 1.67 bits per heavy atom. The summed E-state index contributed by atoms with van der Waals surface area (Å²) in [5, 5.41) is 7.12. The number of anilines is 3. The number of methoxy groups -OCH3 is 3. The van der Waals surface area contributed by atoms with Crippen LogP contribution >= 0.6 is 0 Å². The number of hydrogen-bond donors (Lipinski definition) is 2. The monoisotopic (exact) mass is 369 g/mol. The standard InChI is InChI=1S/C18H19N5O4/c1-25-13-9-12(10-14(26-2)15(13)27-3)20-18-21-17(19)23(22-18)16(24)11-7-5-4-6-8-11/h4-10H,1-3H3,(H3,19,20,21,22). The second-order valence-corrected chi connectivity index (χ2v) is 5.42. The van der Waals surface area contributed by atoms with E-state index in [2.05, 4.69) is 15.4 Å². The minimum atomic E-state index is -0.376. The first kappa shape index (κ1) is 18.1. The number of nitrogens with one attached hydrogen (secondary N) is 1. The first-order chi connectivity index (χ1) is 13.1. The van der Waals surface area contributed by atoms with Gasteiger partial charge in [0.1, 0.15) is 0 Å². The Morgan fingerprint density at radius 1 is 1.04 bits per heavy atom. The Bertz CT molecular complexity index is 931. The summed E-state index contributed by atoms with van der Waals surface area (Å²) in [6.45, 7) is 0. The molecule has 2 aromatic carbocycles. The van der Waals surface area contributed by atoms with E-state index in [1.807, 2.05) is 6.07 Å². The summed E-state index contributed by atoms with van der Waals surface area (Å²) >= 11 is 0. The molecule has 0 radical (unpaired) electrons. The molecule has 9 nitrogen and oxygen atoms in total. The van der Waals surface area contributed by atoms with Crippen molar-refractivity contribution in [1.82, 2.24) is 14.8 Å². The number of nitrogen functional groups attached to an aromatic ring is 1. The van der Waals surface area contributed by atoms with E-state index in [1.54, 1.807) is 36.4 Å². The maximum atomic E-state index is 12.5. The van der Waals surface area contributed by atoms with Crippen LogP contribution in [0.3, 0.4) is 0 Å². The summed E-state index contributed by atoms with van der Waals surface area (Å²) in [5.74, 6) is 1.14. The molecule has 0 unspecified atom stereocenters. The maximum Gasteiger partial charge on any atom is 0.281 e. The van der Waals surface area contributed by atoms with Crippen molar-refractivity contribution in [2.24, 2.45) is 0 Å². The third-order valence-corrected chi connectivity index (χ3v) is 3.77. The quantitative estimate of drug-likeness (QED) is 0.680. The lowest BCUT2D eigenvalue weighted by Gasteiger charge is -2.14. The van der Waals surface area contributed by atoms with Crippen LogP contribution in [-0.2, 0) is 0 Å². The second kappa shape index (κ2) is 7.65. The fraction of sp³-hybridized carbons (Fsp3) is 0.167. The van der Waals surface area contributed by atoms with E-state index in [0.29, 0.717) is 28.5 Å². The predicted molar refractivity (Wildman–Crippen MR) is 100.0 cm³/mol. The van der Waals surface area contributed by atoms with Crippen LogP contribution in [0.2, 0.25) is 0 Å². The Labute approximate surface area is 155 Å². The van der Waals surface area contributed by atoms with Gasteiger partial charge >= 0.3 is 0 Å². The maximum absolute atomic E-state index is 12.5. The molecular weight excluding hydrogens is 350 g/mol. The van der Waals surface area contributed by atoms with Crippen molar-refractivity contribution in [3.05, 3.63) is 48.0 Å². The number of benzene rings is 2. The molecule has 0 saturated heterocycles. The summed E-state index contributed by atoms with van der Waals surface area (Å²) < 4.78 is 17.0. The normalized spacial score (nSPS) is 10.3. The lowest BCUT2D eigenvalue weighted by atomic mass is 10.2. The van der Waals surface area contributed by atoms with E-state index in [1.165, 1.54) is 21.3 Å². The molecule has 0 saturated carbocycles. The van der Waals surface area contributed by atoms with Crippen LogP contribution in [0.4, 0.5) is 17.6 Å². The smallest absolute Gasteiger partial charge is 0.281 e. The van der Waals surface area contributed by atoms with Crippen LogP contribution in [0.25, 0.3) is 0 Å². The van der Waals surface area contributed by atoms with E-state index in [4.69, 9.17) is 19.9 Å². The van der Waals surface area contributed by atoms with Crippen LogP contribution in [0.1, 0.15) is 10.4 Å². The molecule has 1 heterocycles. The fourth-order valence-corrected chi connectivity index (χ4v) is 2.51.